The minimum absolute atomic E-state index is 0.265. The highest BCUT2D eigenvalue weighted by molar-refractivity contribution is 5.78. The summed E-state index contributed by atoms with van der Waals surface area (Å²) in [6.45, 7) is 2.41. The van der Waals surface area contributed by atoms with Gasteiger partial charge in [0.15, 0.2) is 0 Å². The molecule has 3 heterocycles. The number of nitrogens with zero attached hydrogens (tertiary/aromatic N) is 4. The van der Waals surface area contributed by atoms with E-state index < -0.39 is 0 Å². The molecule has 6 heteroatoms. The summed E-state index contributed by atoms with van der Waals surface area (Å²) in [6, 6.07) is 12.4. The Morgan fingerprint density at radius 2 is 1.90 bits per heavy atom. The van der Waals surface area contributed by atoms with Crippen molar-refractivity contribution in [3.63, 3.8) is 0 Å². The van der Waals surface area contributed by atoms with E-state index in [1.807, 2.05) is 36.2 Å². The number of carbonyl (C=O) groups excluding carboxylic acids is 1. The molecule has 2 aromatic rings. The van der Waals surface area contributed by atoms with Gasteiger partial charge in [-0.3, -0.25) is 9.69 Å². The van der Waals surface area contributed by atoms with Crippen LogP contribution in [0.15, 0.2) is 42.6 Å². The Morgan fingerprint density at radius 1 is 1.07 bits per heavy atom. The minimum atomic E-state index is 0.265. The van der Waals surface area contributed by atoms with E-state index in [1.54, 1.807) is 6.20 Å². The van der Waals surface area contributed by atoms with Gasteiger partial charge < -0.3 is 10.2 Å². The van der Waals surface area contributed by atoms with Crippen LogP contribution in [-0.4, -0.2) is 58.4 Å². The van der Waals surface area contributed by atoms with E-state index in [1.165, 1.54) is 19.3 Å². The summed E-state index contributed by atoms with van der Waals surface area (Å²) in [5.41, 5.74) is 1.09. The van der Waals surface area contributed by atoms with E-state index in [-0.39, 0.29) is 5.91 Å². The molecular formula is C24H33N5O. The van der Waals surface area contributed by atoms with Crippen molar-refractivity contribution in [1.82, 2.24) is 19.8 Å². The molecule has 0 aromatic carbocycles. The Hall–Kier alpha value is -2.47. The van der Waals surface area contributed by atoms with Gasteiger partial charge in [0.25, 0.3) is 0 Å². The number of rotatable bonds is 6. The summed E-state index contributed by atoms with van der Waals surface area (Å²) in [5, 5.41) is 3.28. The fourth-order valence-electron chi connectivity index (χ4n) is 4.73. The molecule has 1 amide bonds. The molecule has 0 radical (unpaired) electrons. The number of likely N-dealkylation sites (N-methyl/N-ethyl adjacent to an activating group) is 1. The number of anilines is 2. The lowest BCUT2D eigenvalue weighted by Crippen LogP contribution is -2.46. The Labute approximate surface area is 179 Å². The second-order valence-corrected chi connectivity index (χ2v) is 8.66. The van der Waals surface area contributed by atoms with Crippen molar-refractivity contribution in [2.24, 2.45) is 0 Å². The number of hydrogen-bond donors (Lipinski definition) is 1. The zero-order chi connectivity index (χ0) is 20.8. The fourth-order valence-corrected chi connectivity index (χ4v) is 4.73. The van der Waals surface area contributed by atoms with Crippen molar-refractivity contribution in [2.45, 2.75) is 56.9 Å². The first-order valence-electron chi connectivity index (χ1n) is 11.3. The number of aromatic nitrogens is 2. The SMILES string of the molecule is CN(C(=O)CN1CCC[C@H](c2cccc(Nc3ccccn3)n2)C1)C1CCCCC1. The summed E-state index contributed by atoms with van der Waals surface area (Å²) in [6.07, 6.45) is 10.1. The van der Waals surface area contributed by atoms with Crippen molar-refractivity contribution in [3.05, 3.63) is 48.3 Å². The maximum absolute atomic E-state index is 12.9. The molecule has 1 aliphatic carbocycles. The van der Waals surface area contributed by atoms with Gasteiger partial charge >= 0.3 is 0 Å². The predicted molar refractivity (Wildman–Crippen MR) is 120 cm³/mol. The third-order valence-corrected chi connectivity index (χ3v) is 6.49. The molecule has 0 spiro atoms. The summed E-state index contributed by atoms with van der Waals surface area (Å²) in [7, 11) is 1.99. The molecule has 6 nitrogen and oxygen atoms in total. The molecule has 1 saturated heterocycles. The molecule has 1 saturated carbocycles. The molecule has 2 aromatic heterocycles. The van der Waals surface area contributed by atoms with E-state index in [9.17, 15) is 4.79 Å². The molecule has 1 aliphatic heterocycles. The fraction of sp³-hybridized carbons (Fsp3) is 0.542. The van der Waals surface area contributed by atoms with Crippen molar-refractivity contribution >= 4 is 17.5 Å². The number of amides is 1. The zero-order valence-corrected chi connectivity index (χ0v) is 18.0. The van der Waals surface area contributed by atoms with Crippen LogP contribution in [0.3, 0.4) is 0 Å². The van der Waals surface area contributed by atoms with Crippen LogP contribution < -0.4 is 5.32 Å². The number of hydrogen-bond acceptors (Lipinski definition) is 5. The highest BCUT2D eigenvalue weighted by Gasteiger charge is 2.27. The average molecular weight is 408 g/mol. The van der Waals surface area contributed by atoms with Gasteiger partial charge in [0.2, 0.25) is 5.91 Å². The third kappa shape index (κ3) is 5.36. The molecule has 30 heavy (non-hydrogen) atoms. The number of likely N-dealkylation sites (tertiary alicyclic amines) is 1. The van der Waals surface area contributed by atoms with Gasteiger partial charge in [0.1, 0.15) is 11.6 Å². The van der Waals surface area contributed by atoms with Crippen LogP contribution in [-0.2, 0) is 4.79 Å². The topological polar surface area (TPSA) is 61.4 Å². The summed E-state index contributed by atoms with van der Waals surface area (Å²) in [4.78, 5) is 26.3. The first-order valence-corrected chi connectivity index (χ1v) is 11.3. The first-order chi connectivity index (χ1) is 14.7. The first kappa shape index (κ1) is 20.8. The lowest BCUT2D eigenvalue weighted by molar-refractivity contribution is -0.134. The number of piperidine rings is 1. The quantitative estimate of drug-likeness (QED) is 0.778. The number of carbonyl (C=O) groups is 1. The van der Waals surface area contributed by atoms with Crippen LogP contribution in [0, 0.1) is 0 Å². The highest BCUT2D eigenvalue weighted by atomic mass is 16.2. The molecular weight excluding hydrogens is 374 g/mol. The Bertz CT molecular complexity index is 821. The van der Waals surface area contributed by atoms with Gasteiger partial charge in [0.05, 0.1) is 6.54 Å². The van der Waals surface area contributed by atoms with Gasteiger partial charge in [-0.2, -0.15) is 0 Å². The number of pyridine rings is 2. The molecule has 2 aliphatic rings. The van der Waals surface area contributed by atoms with Crippen LogP contribution >= 0.6 is 0 Å². The normalized spacial score (nSPS) is 20.6. The van der Waals surface area contributed by atoms with Gasteiger partial charge in [-0.1, -0.05) is 31.4 Å². The van der Waals surface area contributed by atoms with Crippen molar-refractivity contribution < 1.29 is 4.79 Å². The van der Waals surface area contributed by atoms with Crippen LogP contribution in [0.2, 0.25) is 0 Å². The molecule has 160 valence electrons. The van der Waals surface area contributed by atoms with E-state index in [0.717, 1.165) is 56.1 Å². The maximum Gasteiger partial charge on any atom is 0.236 e. The van der Waals surface area contributed by atoms with E-state index in [0.29, 0.717) is 18.5 Å². The Kier molecular flexibility index (Phi) is 6.95. The lowest BCUT2D eigenvalue weighted by Gasteiger charge is -2.36. The highest BCUT2D eigenvalue weighted by Crippen LogP contribution is 2.27. The van der Waals surface area contributed by atoms with Gasteiger partial charge in [-0.05, 0) is 56.5 Å². The van der Waals surface area contributed by atoms with Crippen LogP contribution in [0.4, 0.5) is 11.6 Å². The van der Waals surface area contributed by atoms with Crippen molar-refractivity contribution in [1.29, 1.82) is 0 Å². The molecule has 2 fully saturated rings. The van der Waals surface area contributed by atoms with Gasteiger partial charge in [0, 0.05) is 37.4 Å². The summed E-state index contributed by atoms with van der Waals surface area (Å²) in [5.74, 6) is 2.23. The third-order valence-electron chi connectivity index (χ3n) is 6.49. The standard InChI is InChI=1S/C24H33N5O/c1-28(20-10-3-2-4-11-20)24(30)18-29-16-8-9-19(17-29)21-12-7-14-23(26-21)27-22-13-5-6-15-25-22/h5-7,12-15,19-20H,2-4,8-11,16-18H2,1H3,(H,25,26,27)/t19-/m0/s1. The summed E-state index contributed by atoms with van der Waals surface area (Å²) < 4.78 is 0. The molecule has 0 bridgehead atoms. The van der Waals surface area contributed by atoms with E-state index in [4.69, 9.17) is 4.98 Å². The largest absolute Gasteiger partial charge is 0.342 e. The van der Waals surface area contributed by atoms with Crippen LogP contribution in [0.25, 0.3) is 0 Å². The molecule has 0 unspecified atom stereocenters. The average Bonchev–Trinajstić information content (AvgIpc) is 2.80. The van der Waals surface area contributed by atoms with E-state index in [2.05, 4.69) is 27.3 Å². The van der Waals surface area contributed by atoms with Crippen molar-refractivity contribution in [3.8, 4) is 0 Å². The van der Waals surface area contributed by atoms with Crippen molar-refractivity contribution in [2.75, 3.05) is 32.0 Å². The summed E-state index contributed by atoms with van der Waals surface area (Å²) >= 11 is 0. The van der Waals surface area contributed by atoms with Gasteiger partial charge in [-0.15, -0.1) is 0 Å². The second kappa shape index (κ2) is 10.0. The van der Waals surface area contributed by atoms with Crippen LogP contribution in [0.5, 0.6) is 0 Å². The molecule has 4 rings (SSSR count). The Morgan fingerprint density at radius 3 is 2.70 bits per heavy atom. The van der Waals surface area contributed by atoms with E-state index >= 15 is 0 Å². The minimum Gasteiger partial charge on any atom is -0.342 e. The monoisotopic (exact) mass is 407 g/mol. The number of nitrogens with one attached hydrogen (secondary N) is 1. The molecule has 1 N–H and O–H groups in total. The predicted octanol–water partition coefficient (Wildman–Crippen LogP) is 4.19. The molecule has 1 atom stereocenters. The second-order valence-electron chi connectivity index (χ2n) is 8.66. The maximum atomic E-state index is 12.9. The lowest BCUT2D eigenvalue weighted by atomic mass is 9.93. The zero-order valence-electron chi connectivity index (χ0n) is 18.0. The van der Waals surface area contributed by atoms with Crippen LogP contribution in [0.1, 0.15) is 56.6 Å². The van der Waals surface area contributed by atoms with Gasteiger partial charge in [-0.25, -0.2) is 9.97 Å². The smallest absolute Gasteiger partial charge is 0.236 e. The Balaban J connectivity index is 1.35.